The molecule has 0 saturated carbocycles. The SMILES string of the molecule is CN(C(=O)NCc1cccc(F)c1Cl)[C@@H](CCC(=O)O)CO[Si](C)(C)C(C)(C)C. The second-order valence-electron chi connectivity index (χ2n) is 8.64. The van der Waals surface area contributed by atoms with Gasteiger partial charge in [0.25, 0.3) is 0 Å². The highest BCUT2D eigenvalue weighted by Crippen LogP contribution is 2.36. The van der Waals surface area contributed by atoms with E-state index in [2.05, 4.69) is 39.2 Å². The van der Waals surface area contributed by atoms with Gasteiger partial charge in [-0.2, -0.15) is 0 Å². The zero-order valence-electron chi connectivity index (χ0n) is 18.0. The predicted octanol–water partition coefficient (Wildman–Crippen LogP) is 4.88. The molecule has 1 rings (SSSR count). The van der Waals surface area contributed by atoms with E-state index in [9.17, 15) is 14.0 Å². The summed E-state index contributed by atoms with van der Waals surface area (Å²) in [6.07, 6.45) is 0.202. The van der Waals surface area contributed by atoms with Crippen LogP contribution in [0.2, 0.25) is 23.2 Å². The molecule has 0 spiro atoms. The second kappa shape index (κ2) is 10.4. The Morgan fingerprint density at radius 3 is 2.52 bits per heavy atom. The molecule has 2 amide bonds. The van der Waals surface area contributed by atoms with Crippen LogP contribution in [0.1, 0.15) is 39.2 Å². The molecular weight excluding hydrogens is 415 g/mol. The van der Waals surface area contributed by atoms with E-state index in [-0.39, 0.29) is 36.1 Å². The standard InChI is InChI=1S/C20H32ClFN2O4Si/c1-20(2,3)29(5,6)28-13-15(10-11-17(25)26)24(4)19(27)23-12-14-8-7-9-16(22)18(14)21/h7-9,15H,10-13H2,1-6H3,(H,23,27)(H,25,26)/t15-/m0/s1. The van der Waals surface area contributed by atoms with Gasteiger partial charge in [0, 0.05) is 20.0 Å². The van der Waals surface area contributed by atoms with Gasteiger partial charge in [0.2, 0.25) is 0 Å². The molecule has 0 saturated heterocycles. The van der Waals surface area contributed by atoms with Gasteiger partial charge in [0.05, 0.1) is 17.7 Å². The summed E-state index contributed by atoms with van der Waals surface area (Å²) in [5, 5.41) is 11.7. The molecule has 6 nitrogen and oxygen atoms in total. The first-order valence-electron chi connectivity index (χ1n) is 9.55. The highest BCUT2D eigenvalue weighted by Gasteiger charge is 2.38. The Bertz CT molecular complexity index is 725. The van der Waals surface area contributed by atoms with E-state index in [1.165, 1.54) is 17.0 Å². The number of hydrogen-bond acceptors (Lipinski definition) is 3. The molecule has 2 N–H and O–H groups in total. The van der Waals surface area contributed by atoms with Crippen molar-refractivity contribution in [2.24, 2.45) is 0 Å². The van der Waals surface area contributed by atoms with Crippen molar-refractivity contribution < 1.29 is 23.5 Å². The predicted molar refractivity (Wildman–Crippen MR) is 115 cm³/mol. The molecule has 0 aliphatic rings. The zero-order chi connectivity index (χ0) is 22.4. The van der Waals surface area contributed by atoms with Crippen LogP contribution in [0.5, 0.6) is 0 Å². The Morgan fingerprint density at radius 1 is 1.34 bits per heavy atom. The summed E-state index contributed by atoms with van der Waals surface area (Å²) >= 11 is 5.93. The number of aliphatic carboxylic acids is 1. The molecule has 0 aliphatic carbocycles. The first-order valence-corrected chi connectivity index (χ1v) is 12.8. The van der Waals surface area contributed by atoms with Gasteiger partial charge in [0.15, 0.2) is 8.32 Å². The van der Waals surface area contributed by atoms with Crippen molar-refractivity contribution in [3.05, 3.63) is 34.6 Å². The maximum atomic E-state index is 13.6. The van der Waals surface area contributed by atoms with Gasteiger partial charge in [0.1, 0.15) is 5.82 Å². The van der Waals surface area contributed by atoms with E-state index < -0.39 is 32.2 Å². The fraction of sp³-hybridized carbons (Fsp3) is 0.600. The average Bonchev–Trinajstić information content (AvgIpc) is 2.61. The van der Waals surface area contributed by atoms with Gasteiger partial charge in [-0.3, -0.25) is 4.79 Å². The molecule has 0 aromatic heterocycles. The molecule has 0 fully saturated rings. The van der Waals surface area contributed by atoms with Crippen LogP contribution in [0.25, 0.3) is 0 Å². The van der Waals surface area contributed by atoms with Gasteiger partial charge in [-0.05, 0) is 36.2 Å². The fourth-order valence-corrected chi connectivity index (χ4v) is 3.58. The minimum atomic E-state index is -2.05. The van der Waals surface area contributed by atoms with Gasteiger partial charge < -0.3 is 19.7 Å². The molecule has 1 atom stereocenters. The van der Waals surface area contributed by atoms with Gasteiger partial charge in [-0.1, -0.05) is 44.5 Å². The Balaban J connectivity index is 2.81. The molecule has 0 radical (unpaired) electrons. The molecule has 1 aromatic rings. The van der Waals surface area contributed by atoms with Gasteiger partial charge in [-0.15, -0.1) is 0 Å². The highest BCUT2D eigenvalue weighted by molar-refractivity contribution is 6.74. The Hall–Kier alpha value is -1.64. The van der Waals surface area contributed by atoms with Crippen molar-refractivity contribution in [1.29, 1.82) is 0 Å². The van der Waals surface area contributed by atoms with Crippen molar-refractivity contribution in [3.63, 3.8) is 0 Å². The van der Waals surface area contributed by atoms with Crippen LogP contribution >= 0.6 is 11.6 Å². The maximum Gasteiger partial charge on any atom is 0.317 e. The molecule has 164 valence electrons. The molecule has 0 bridgehead atoms. The number of carboxylic acid groups (broad SMARTS) is 1. The Morgan fingerprint density at radius 2 is 1.97 bits per heavy atom. The Kier molecular flexibility index (Phi) is 9.11. The maximum absolute atomic E-state index is 13.6. The number of amides is 2. The minimum absolute atomic E-state index is 0.000685. The van der Waals surface area contributed by atoms with E-state index in [0.717, 1.165) is 0 Å². The number of benzene rings is 1. The molecule has 29 heavy (non-hydrogen) atoms. The first-order chi connectivity index (χ1) is 13.3. The van der Waals surface area contributed by atoms with E-state index in [4.69, 9.17) is 21.1 Å². The van der Waals surface area contributed by atoms with E-state index in [1.54, 1.807) is 13.1 Å². The van der Waals surface area contributed by atoms with Gasteiger partial charge >= 0.3 is 12.0 Å². The summed E-state index contributed by atoms with van der Waals surface area (Å²) in [4.78, 5) is 25.1. The fourth-order valence-electron chi connectivity index (χ4n) is 2.35. The van der Waals surface area contributed by atoms with E-state index >= 15 is 0 Å². The number of carbonyl (C=O) groups excluding carboxylic acids is 1. The van der Waals surface area contributed by atoms with Crippen LogP contribution in [-0.4, -0.2) is 50.0 Å². The molecular formula is C20H32ClFN2O4Si. The largest absolute Gasteiger partial charge is 0.481 e. The van der Waals surface area contributed by atoms with Crippen molar-refractivity contribution in [2.75, 3.05) is 13.7 Å². The summed E-state index contributed by atoms with van der Waals surface area (Å²) in [6, 6.07) is 3.60. The number of urea groups is 1. The normalized spacial score (nSPS) is 13.1. The van der Waals surface area contributed by atoms with Crippen LogP contribution in [0.4, 0.5) is 9.18 Å². The second-order valence-corrected chi connectivity index (χ2v) is 13.8. The van der Waals surface area contributed by atoms with Gasteiger partial charge in [-0.25, -0.2) is 9.18 Å². The minimum Gasteiger partial charge on any atom is -0.481 e. The first kappa shape index (κ1) is 25.4. The number of likely N-dealkylation sites (N-methyl/N-ethyl adjacent to an activating group) is 1. The van der Waals surface area contributed by atoms with Crippen LogP contribution in [0.15, 0.2) is 18.2 Å². The van der Waals surface area contributed by atoms with Crippen molar-refractivity contribution in [1.82, 2.24) is 10.2 Å². The smallest absolute Gasteiger partial charge is 0.317 e. The summed E-state index contributed by atoms with van der Waals surface area (Å²) in [5.74, 6) is -1.48. The number of carbonyl (C=O) groups is 2. The quantitative estimate of drug-likeness (QED) is 0.530. The van der Waals surface area contributed by atoms with Crippen LogP contribution in [0, 0.1) is 5.82 Å². The summed E-state index contributed by atoms with van der Waals surface area (Å²) in [7, 11) is -0.453. The molecule has 0 aliphatic heterocycles. The number of halogens is 2. The summed E-state index contributed by atoms with van der Waals surface area (Å²) < 4.78 is 19.8. The van der Waals surface area contributed by atoms with Crippen LogP contribution in [-0.2, 0) is 15.8 Å². The number of rotatable bonds is 9. The molecule has 0 heterocycles. The van der Waals surface area contributed by atoms with Crippen LogP contribution < -0.4 is 5.32 Å². The number of nitrogens with one attached hydrogen (secondary N) is 1. The number of nitrogens with zero attached hydrogens (tertiary/aromatic N) is 1. The molecule has 0 unspecified atom stereocenters. The Labute approximate surface area is 178 Å². The van der Waals surface area contributed by atoms with E-state index in [0.29, 0.717) is 5.56 Å². The number of hydrogen-bond donors (Lipinski definition) is 2. The summed E-state index contributed by atoms with van der Waals surface area (Å²) in [5.41, 5.74) is 0.466. The lowest BCUT2D eigenvalue weighted by atomic mass is 10.1. The lowest BCUT2D eigenvalue weighted by Crippen LogP contribution is -2.49. The zero-order valence-corrected chi connectivity index (χ0v) is 19.8. The lowest BCUT2D eigenvalue weighted by Gasteiger charge is -2.38. The van der Waals surface area contributed by atoms with Crippen molar-refractivity contribution >= 4 is 31.9 Å². The molecule has 9 heteroatoms. The summed E-state index contributed by atoms with van der Waals surface area (Å²) in [6.45, 7) is 10.9. The third kappa shape index (κ3) is 7.60. The average molecular weight is 447 g/mol. The lowest BCUT2D eigenvalue weighted by molar-refractivity contribution is -0.137. The topological polar surface area (TPSA) is 78.9 Å². The highest BCUT2D eigenvalue weighted by atomic mass is 35.5. The molecule has 1 aromatic carbocycles. The third-order valence-electron chi connectivity index (χ3n) is 5.46. The van der Waals surface area contributed by atoms with E-state index in [1.807, 2.05) is 0 Å². The monoisotopic (exact) mass is 446 g/mol. The van der Waals surface area contributed by atoms with Crippen molar-refractivity contribution in [3.8, 4) is 0 Å². The third-order valence-corrected chi connectivity index (χ3v) is 10.4. The number of carboxylic acids is 1. The van der Waals surface area contributed by atoms with Crippen LogP contribution in [0.3, 0.4) is 0 Å². The van der Waals surface area contributed by atoms with Crippen molar-refractivity contribution in [2.45, 2.75) is 64.3 Å².